The van der Waals surface area contributed by atoms with Crippen LogP contribution in [0.25, 0.3) is 11.4 Å². The zero-order chi connectivity index (χ0) is 30.3. The minimum absolute atomic E-state index is 0.0189. The van der Waals surface area contributed by atoms with Crippen molar-refractivity contribution in [3.05, 3.63) is 77.9 Å². The Bertz CT molecular complexity index is 1570. The van der Waals surface area contributed by atoms with Gasteiger partial charge in [0.15, 0.2) is 23.1 Å². The summed E-state index contributed by atoms with van der Waals surface area (Å²) in [7, 11) is 1.52. The molecule has 1 aliphatic rings. The summed E-state index contributed by atoms with van der Waals surface area (Å²) < 4.78 is 18.3. The lowest BCUT2D eigenvalue weighted by atomic mass is 10.0. The zero-order valence-corrected chi connectivity index (χ0v) is 24.1. The van der Waals surface area contributed by atoms with Gasteiger partial charge in [-0.05, 0) is 24.1 Å². The fraction of sp³-hybridized carbons (Fsp3) is 0.333. The molecule has 5 rings (SSSR count). The van der Waals surface area contributed by atoms with E-state index in [4.69, 9.17) is 24.1 Å². The van der Waals surface area contributed by atoms with Gasteiger partial charge in [-0.3, -0.25) is 14.4 Å². The number of methoxy groups -OCH3 is 1. The van der Waals surface area contributed by atoms with Crippen LogP contribution in [0.15, 0.2) is 65.3 Å². The van der Waals surface area contributed by atoms with Gasteiger partial charge < -0.3 is 29.5 Å². The van der Waals surface area contributed by atoms with Crippen LogP contribution >= 0.6 is 0 Å². The highest BCUT2D eigenvalue weighted by molar-refractivity contribution is 5.95. The van der Waals surface area contributed by atoms with Crippen molar-refractivity contribution in [3.8, 4) is 22.9 Å². The van der Waals surface area contributed by atoms with Crippen LogP contribution in [0.1, 0.15) is 46.6 Å². The van der Waals surface area contributed by atoms with Gasteiger partial charge in [-0.25, -0.2) is 9.67 Å². The van der Waals surface area contributed by atoms with Crippen molar-refractivity contribution in [3.63, 3.8) is 0 Å². The number of hydrogen-bond acceptors (Lipinski definition) is 9. The van der Waals surface area contributed by atoms with E-state index in [-0.39, 0.29) is 43.8 Å². The Morgan fingerprint density at radius 2 is 1.88 bits per heavy atom. The Balaban J connectivity index is 1.52. The average molecular weight is 588 g/mol. The molecule has 2 bridgehead atoms. The number of aromatic nitrogens is 4. The van der Waals surface area contributed by atoms with Crippen LogP contribution in [-0.4, -0.2) is 75.9 Å². The predicted octanol–water partition coefficient (Wildman–Crippen LogP) is 2.72. The molecule has 0 radical (unpaired) electrons. The van der Waals surface area contributed by atoms with Crippen molar-refractivity contribution >= 4 is 17.7 Å². The van der Waals surface area contributed by atoms with Crippen LogP contribution in [0, 0.1) is 5.92 Å². The van der Waals surface area contributed by atoms with Crippen molar-refractivity contribution in [2.45, 2.75) is 26.4 Å². The molecule has 2 aromatic carbocycles. The first-order chi connectivity index (χ1) is 20.8. The van der Waals surface area contributed by atoms with E-state index in [0.717, 1.165) is 5.56 Å². The number of carbonyl (C=O) groups excluding carboxylic acids is 3. The first kappa shape index (κ1) is 29.3. The second-order valence-corrected chi connectivity index (χ2v) is 10.2. The molecule has 1 atom stereocenters. The minimum atomic E-state index is -0.534. The number of hydrogen-bond donors (Lipinski definition) is 2. The van der Waals surface area contributed by atoms with E-state index in [2.05, 4.69) is 15.8 Å². The molecule has 0 fully saturated rings. The summed E-state index contributed by atoms with van der Waals surface area (Å²) in [4.78, 5) is 45.8. The summed E-state index contributed by atoms with van der Waals surface area (Å²) in [5.74, 6) is 0.488. The molecule has 3 heterocycles. The standard InChI is InChI=1S/C30H33N7O6/c1-19(2)26-28-34-27(20-7-5-4-6-8-20)35-37(28)15-16-42-24-17-21(9-10-22(24)41-3)29(39)31-13-14-36(18-25(38)33-26)30(40)23-11-12-32-43-23/h4-12,17,19,26H,13-16,18H2,1-3H3,(H,31,39)(H,33,38)/t26-/m1/s1. The Labute approximate surface area is 248 Å². The van der Waals surface area contributed by atoms with Crippen molar-refractivity contribution in [1.29, 1.82) is 0 Å². The minimum Gasteiger partial charge on any atom is -0.493 e. The van der Waals surface area contributed by atoms with Crippen LogP contribution in [0.5, 0.6) is 11.5 Å². The quantitative estimate of drug-likeness (QED) is 0.367. The number of ether oxygens (including phenoxy) is 2. The third-order valence-electron chi connectivity index (χ3n) is 6.92. The average Bonchev–Trinajstić information content (AvgIpc) is 3.70. The molecule has 2 N–H and O–H groups in total. The van der Waals surface area contributed by atoms with Crippen LogP contribution < -0.4 is 20.1 Å². The Morgan fingerprint density at radius 3 is 2.60 bits per heavy atom. The van der Waals surface area contributed by atoms with Crippen LogP contribution in [0.3, 0.4) is 0 Å². The summed E-state index contributed by atoms with van der Waals surface area (Å²) in [5.41, 5.74) is 1.17. The monoisotopic (exact) mass is 587 g/mol. The largest absolute Gasteiger partial charge is 0.493 e. The maximum absolute atomic E-state index is 13.4. The summed E-state index contributed by atoms with van der Waals surface area (Å²) in [6.45, 7) is 4.25. The first-order valence-electron chi connectivity index (χ1n) is 13.9. The van der Waals surface area contributed by atoms with Gasteiger partial charge in [0.1, 0.15) is 13.2 Å². The molecule has 1 aliphatic heterocycles. The van der Waals surface area contributed by atoms with Gasteiger partial charge in [-0.1, -0.05) is 49.3 Å². The molecule has 0 aliphatic carbocycles. The molecule has 2 aromatic heterocycles. The zero-order valence-electron chi connectivity index (χ0n) is 24.1. The van der Waals surface area contributed by atoms with Gasteiger partial charge in [-0.15, -0.1) is 0 Å². The molecule has 13 nitrogen and oxygen atoms in total. The number of carbonyl (C=O) groups is 3. The summed E-state index contributed by atoms with van der Waals surface area (Å²) in [6.07, 6.45) is 1.35. The predicted molar refractivity (Wildman–Crippen MR) is 154 cm³/mol. The molecular weight excluding hydrogens is 554 g/mol. The van der Waals surface area contributed by atoms with Crippen LogP contribution in [0.2, 0.25) is 0 Å². The Kier molecular flexibility index (Phi) is 8.99. The van der Waals surface area contributed by atoms with Gasteiger partial charge in [0.2, 0.25) is 11.7 Å². The summed E-state index contributed by atoms with van der Waals surface area (Å²) in [6, 6.07) is 15.3. The van der Waals surface area contributed by atoms with Gasteiger partial charge in [0, 0.05) is 30.3 Å². The lowest BCUT2D eigenvalue weighted by Crippen LogP contribution is -2.45. The van der Waals surface area contributed by atoms with Crippen molar-refractivity contribution in [2.24, 2.45) is 5.92 Å². The van der Waals surface area contributed by atoms with Crippen LogP contribution in [-0.2, 0) is 11.3 Å². The fourth-order valence-corrected chi connectivity index (χ4v) is 4.69. The highest BCUT2D eigenvalue weighted by Crippen LogP contribution is 2.29. The van der Waals surface area contributed by atoms with Gasteiger partial charge >= 0.3 is 0 Å². The van der Waals surface area contributed by atoms with Crippen LogP contribution in [0.4, 0.5) is 0 Å². The first-order valence-corrected chi connectivity index (χ1v) is 13.9. The van der Waals surface area contributed by atoms with E-state index < -0.39 is 17.9 Å². The highest BCUT2D eigenvalue weighted by atomic mass is 16.5. The van der Waals surface area contributed by atoms with Gasteiger partial charge in [0.05, 0.1) is 25.9 Å². The number of nitrogens with zero attached hydrogens (tertiary/aromatic N) is 5. The smallest absolute Gasteiger partial charge is 0.292 e. The topological polar surface area (TPSA) is 154 Å². The van der Waals surface area contributed by atoms with E-state index in [1.807, 2.05) is 44.2 Å². The van der Waals surface area contributed by atoms with E-state index in [1.165, 1.54) is 24.3 Å². The lowest BCUT2D eigenvalue weighted by Gasteiger charge is -2.25. The molecular formula is C30H33N7O6. The van der Waals surface area contributed by atoms with E-state index in [9.17, 15) is 14.4 Å². The number of fused-ring (bicyclic) bond motifs is 3. The Hall–Kier alpha value is -5.20. The number of rotatable bonds is 4. The molecule has 43 heavy (non-hydrogen) atoms. The maximum Gasteiger partial charge on any atom is 0.292 e. The second kappa shape index (κ2) is 13.2. The van der Waals surface area contributed by atoms with E-state index in [1.54, 1.807) is 22.9 Å². The Morgan fingerprint density at radius 1 is 1.07 bits per heavy atom. The lowest BCUT2D eigenvalue weighted by molar-refractivity contribution is -0.123. The normalized spacial score (nSPS) is 16.5. The third-order valence-corrected chi connectivity index (χ3v) is 6.92. The van der Waals surface area contributed by atoms with Gasteiger partial charge in [0.25, 0.3) is 11.8 Å². The molecule has 0 unspecified atom stereocenters. The maximum atomic E-state index is 13.4. The third kappa shape index (κ3) is 6.83. The van der Waals surface area contributed by atoms with Crippen molar-refractivity contribution < 1.29 is 28.4 Å². The van der Waals surface area contributed by atoms with Crippen molar-refractivity contribution in [2.75, 3.05) is 33.4 Å². The highest BCUT2D eigenvalue weighted by Gasteiger charge is 2.28. The van der Waals surface area contributed by atoms with E-state index >= 15 is 0 Å². The molecule has 0 saturated heterocycles. The SMILES string of the molecule is COc1ccc2cc1OCCn1nc(-c3ccccc3)nc1[C@@H](C(C)C)NC(=O)CN(C(=O)c1ccno1)CCNC2=O. The molecule has 0 saturated carbocycles. The molecule has 3 amide bonds. The fourth-order valence-electron chi connectivity index (χ4n) is 4.69. The van der Waals surface area contributed by atoms with Gasteiger partial charge in [-0.2, -0.15) is 5.10 Å². The molecule has 224 valence electrons. The molecule has 4 aromatic rings. The van der Waals surface area contributed by atoms with Crippen molar-refractivity contribution in [1.82, 2.24) is 35.5 Å². The number of nitrogens with one attached hydrogen (secondary N) is 2. The molecule has 13 heteroatoms. The number of amides is 3. The van der Waals surface area contributed by atoms with E-state index in [0.29, 0.717) is 35.3 Å². The summed E-state index contributed by atoms with van der Waals surface area (Å²) >= 11 is 0. The second-order valence-electron chi connectivity index (χ2n) is 10.2. The summed E-state index contributed by atoms with van der Waals surface area (Å²) in [5, 5.41) is 14.2. The molecule has 0 spiro atoms. The number of benzene rings is 2.